The highest BCUT2D eigenvalue weighted by atomic mass is 35.5. The lowest BCUT2D eigenvalue weighted by Crippen LogP contribution is -2.43. The van der Waals surface area contributed by atoms with Crippen LogP contribution in [0.4, 0.5) is 0 Å². The molecule has 0 saturated carbocycles. The third-order valence-corrected chi connectivity index (χ3v) is 3.65. The van der Waals surface area contributed by atoms with E-state index in [0.717, 1.165) is 32.5 Å². The maximum atomic E-state index is 11.4. The first-order valence-electron chi connectivity index (χ1n) is 6.29. The minimum absolute atomic E-state index is 0.0237. The summed E-state index contributed by atoms with van der Waals surface area (Å²) in [5.41, 5.74) is 0. The van der Waals surface area contributed by atoms with E-state index in [4.69, 9.17) is 11.6 Å². The average Bonchev–Trinajstić information content (AvgIpc) is 2.39. The molecule has 1 fully saturated rings. The predicted molar refractivity (Wildman–Crippen MR) is 71.6 cm³/mol. The summed E-state index contributed by atoms with van der Waals surface area (Å²) in [4.78, 5) is 26.5. The molecule has 1 aliphatic rings. The molecule has 5 nitrogen and oxygen atoms in total. The Bertz CT molecular complexity index is 291. The molecular weight excluding hydrogens is 254 g/mol. The van der Waals surface area contributed by atoms with Gasteiger partial charge in [0.2, 0.25) is 11.8 Å². The Morgan fingerprint density at radius 3 is 2.50 bits per heavy atom. The maximum absolute atomic E-state index is 11.4. The van der Waals surface area contributed by atoms with Crippen LogP contribution in [0, 0.1) is 5.92 Å². The fourth-order valence-electron chi connectivity index (χ4n) is 2.20. The van der Waals surface area contributed by atoms with Crippen LogP contribution in [0.25, 0.3) is 0 Å². The minimum Gasteiger partial charge on any atom is -0.358 e. The van der Waals surface area contributed by atoms with Crippen molar-refractivity contribution in [2.75, 3.05) is 46.2 Å². The predicted octanol–water partition coefficient (Wildman–Crippen LogP) is 0.142. The van der Waals surface area contributed by atoms with Gasteiger partial charge in [0, 0.05) is 20.6 Å². The zero-order valence-corrected chi connectivity index (χ0v) is 11.9. The number of carbonyl (C=O) groups is 2. The molecule has 1 rings (SSSR count). The Morgan fingerprint density at radius 2 is 2.00 bits per heavy atom. The third kappa shape index (κ3) is 4.82. The normalized spacial score (nSPS) is 17.5. The molecule has 1 heterocycles. The molecule has 0 radical (unpaired) electrons. The van der Waals surface area contributed by atoms with Gasteiger partial charge in [0.1, 0.15) is 5.88 Å². The second-order valence-electron chi connectivity index (χ2n) is 4.80. The smallest absolute Gasteiger partial charge is 0.237 e. The average molecular weight is 276 g/mol. The first-order chi connectivity index (χ1) is 8.56. The molecular formula is C12H22ClN3O2. The fraction of sp³-hybridized carbons (Fsp3) is 0.833. The molecule has 0 unspecified atom stereocenters. The molecule has 2 amide bonds. The van der Waals surface area contributed by atoms with Gasteiger partial charge in [-0.3, -0.25) is 14.5 Å². The van der Waals surface area contributed by atoms with Crippen LogP contribution in [0.2, 0.25) is 0 Å². The highest BCUT2D eigenvalue weighted by Crippen LogP contribution is 2.17. The van der Waals surface area contributed by atoms with Gasteiger partial charge >= 0.3 is 0 Å². The van der Waals surface area contributed by atoms with Crippen LogP contribution in [-0.4, -0.2) is 67.8 Å². The molecule has 0 atom stereocenters. The summed E-state index contributed by atoms with van der Waals surface area (Å²) >= 11 is 5.52. The second kappa shape index (κ2) is 7.59. The largest absolute Gasteiger partial charge is 0.358 e. The number of rotatable bonds is 5. The molecule has 0 aliphatic carbocycles. The van der Waals surface area contributed by atoms with Crippen LogP contribution in [0.1, 0.15) is 12.8 Å². The zero-order valence-electron chi connectivity index (χ0n) is 11.1. The number of likely N-dealkylation sites (N-methyl/N-ethyl adjacent to an activating group) is 1. The summed E-state index contributed by atoms with van der Waals surface area (Å²) in [6, 6.07) is 0. The Hall–Kier alpha value is -0.810. The van der Waals surface area contributed by atoms with E-state index in [1.165, 1.54) is 0 Å². The molecule has 18 heavy (non-hydrogen) atoms. The molecule has 1 saturated heterocycles. The number of alkyl halides is 1. The van der Waals surface area contributed by atoms with Crippen molar-refractivity contribution < 1.29 is 9.59 Å². The summed E-state index contributed by atoms with van der Waals surface area (Å²) in [5.74, 6) is 0.599. The van der Waals surface area contributed by atoms with E-state index in [2.05, 4.69) is 10.2 Å². The summed E-state index contributed by atoms with van der Waals surface area (Å²) in [7, 11) is 3.45. The summed E-state index contributed by atoms with van der Waals surface area (Å²) in [6.45, 7) is 3.07. The van der Waals surface area contributed by atoms with Gasteiger partial charge in [-0.2, -0.15) is 0 Å². The Labute approximate surface area is 113 Å². The van der Waals surface area contributed by atoms with Crippen molar-refractivity contribution in [1.82, 2.24) is 15.1 Å². The molecule has 0 aromatic heterocycles. The summed E-state index contributed by atoms with van der Waals surface area (Å²) < 4.78 is 0. The number of carbonyl (C=O) groups excluding carboxylic acids is 2. The van der Waals surface area contributed by atoms with Crippen LogP contribution in [0.3, 0.4) is 0 Å². The lowest BCUT2D eigenvalue weighted by Gasteiger charge is -2.33. The van der Waals surface area contributed by atoms with Crippen molar-refractivity contribution in [2.24, 2.45) is 5.92 Å². The maximum Gasteiger partial charge on any atom is 0.237 e. The van der Waals surface area contributed by atoms with E-state index in [1.54, 1.807) is 19.0 Å². The topological polar surface area (TPSA) is 52.7 Å². The van der Waals surface area contributed by atoms with E-state index in [1.807, 2.05) is 0 Å². The number of nitrogens with one attached hydrogen (secondary N) is 1. The SMILES string of the molecule is CNC(=O)CN1CCC(CN(C)C(=O)CCl)CC1. The molecule has 1 aliphatic heterocycles. The first kappa shape index (κ1) is 15.2. The molecule has 0 bridgehead atoms. The van der Waals surface area contributed by atoms with Gasteiger partial charge in [-0.15, -0.1) is 11.6 Å². The van der Waals surface area contributed by atoms with Crippen LogP contribution in [-0.2, 0) is 9.59 Å². The Kier molecular flexibility index (Phi) is 6.43. The van der Waals surface area contributed by atoms with Gasteiger partial charge in [0.05, 0.1) is 6.54 Å². The summed E-state index contributed by atoms with van der Waals surface area (Å²) in [5, 5.41) is 2.63. The molecule has 6 heteroatoms. The molecule has 104 valence electrons. The van der Waals surface area contributed by atoms with Gasteiger partial charge in [0.25, 0.3) is 0 Å². The monoisotopic (exact) mass is 275 g/mol. The number of nitrogens with zero attached hydrogens (tertiary/aromatic N) is 2. The number of amides is 2. The van der Waals surface area contributed by atoms with Gasteiger partial charge in [-0.05, 0) is 31.8 Å². The minimum atomic E-state index is -0.0237. The lowest BCUT2D eigenvalue weighted by molar-refractivity contribution is -0.127. The van der Waals surface area contributed by atoms with Crippen molar-refractivity contribution in [3.05, 3.63) is 0 Å². The fourth-order valence-corrected chi connectivity index (χ4v) is 2.40. The highest BCUT2D eigenvalue weighted by molar-refractivity contribution is 6.27. The molecule has 0 aromatic carbocycles. The number of hydrogen-bond acceptors (Lipinski definition) is 3. The van der Waals surface area contributed by atoms with Crippen molar-refractivity contribution in [1.29, 1.82) is 0 Å². The Morgan fingerprint density at radius 1 is 1.39 bits per heavy atom. The number of hydrogen-bond donors (Lipinski definition) is 1. The zero-order chi connectivity index (χ0) is 13.5. The van der Waals surface area contributed by atoms with E-state index in [9.17, 15) is 9.59 Å². The molecule has 0 spiro atoms. The standard InChI is InChI=1S/C12H22ClN3O2/c1-14-11(17)9-16-5-3-10(4-6-16)8-15(2)12(18)7-13/h10H,3-9H2,1-2H3,(H,14,17). The van der Waals surface area contributed by atoms with Crippen molar-refractivity contribution in [3.8, 4) is 0 Å². The van der Waals surface area contributed by atoms with E-state index < -0.39 is 0 Å². The van der Waals surface area contributed by atoms with Gasteiger partial charge in [0.15, 0.2) is 0 Å². The van der Waals surface area contributed by atoms with Crippen molar-refractivity contribution in [2.45, 2.75) is 12.8 Å². The summed E-state index contributed by atoms with van der Waals surface area (Å²) in [6.07, 6.45) is 2.05. The van der Waals surface area contributed by atoms with Crippen molar-refractivity contribution >= 4 is 23.4 Å². The van der Waals surface area contributed by atoms with E-state index in [0.29, 0.717) is 12.5 Å². The van der Waals surface area contributed by atoms with E-state index in [-0.39, 0.29) is 17.7 Å². The lowest BCUT2D eigenvalue weighted by atomic mass is 9.96. The molecule has 0 aromatic rings. The van der Waals surface area contributed by atoms with Gasteiger partial charge in [-0.25, -0.2) is 0 Å². The molecule has 1 N–H and O–H groups in total. The number of halogens is 1. The van der Waals surface area contributed by atoms with Gasteiger partial charge in [-0.1, -0.05) is 0 Å². The van der Waals surface area contributed by atoms with E-state index >= 15 is 0 Å². The first-order valence-corrected chi connectivity index (χ1v) is 6.83. The van der Waals surface area contributed by atoms with Crippen LogP contribution in [0.5, 0.6) is 0 Å². The number of likely N-dealkylation sites (tertiary alicyclic amines) is 1. The number of piperidine rings is 1. The van der Waals surface area contributed by atoms with Crippen LogP contribution >= 0.6 is 11.6 Å². The van der Waals surface area contributed by atoms with Crippen molar-refractivity contribution in [3.63, 3.8) is 0 Å². The quantitative estimate of drug-likeness (QED) is 0.727. The van der Waals surface area contributed by atoms with Gasteiger partial charge < -0.3 is 10.2 Å². The van der Waals surface area contributed by atoms with Crippen LogP contribution < -0.4 is 5.32 Å². The second-order valence-corrected chi connectivity index (χ2v) is 5.07. The third-order valence-electron chi connectivity index (χ3n) is 3.43. The highest BCUT2D eigenvalue weighted by Gasteiger charge is 2.22. The Balaban J connectivity index is 2.27. The van der Waals surface area contributed by atoms with Crippen LogP contribution in [0.15, 0.2) is 0 Å².